The zero-order valence-electron chi connectivity index (χ0n) is 12.0. The number of benzene rings is 1. The van der Waals surface area contributed by atoms with Crippen LogP contribution < -0.4 is 10.7 Å². The molecule has 120 valence electrons. The van der Waals surface area contributed by atoms with Crippen LogP contribution in [0.4, 0.5) is 8.78 Å². The van der Waals surface area contributed by atoms with Crippen LogP contribution in [0.5, 0.6) is 0 Å². The summed E-state index contributed by atoms with van der Waals surface area (Å²) in [6, 6.07) is 3.64. The Morgan fingerprint density at radius 1 is 1.32 bits per heavy atom. The number of hydrazone groups is 1. The van der Waals surface area contributed by atoms with Gasteiger partial charge in [0, 0.05) is 26.2 Å². The number of morpholine rings is 1. The van der Waals surface area contributed by atoms with Crippen LogP contribution in [0.1, 0.15) is 5.56 Å². The van der Waals surface area contributed by atoms with Crippen molar-refractivity contribution >= 4 is 23.5 Å². The van der Waals surface area contributed by atoms with Gasteiger partial charge in [-0.2, -0.15) is 5.10 Å². The van der Waals surface area contributed by atoms with Crippen molar-refractivity contribution in [3.8, 4) is 0 Å². The number of rotatable bonds is 5. The third kappa shape index (κ3) is 5.28. The fraction of sp³-hybridized carbons (Fsp3) is 0.429. The second kappa shape index (κ2) is 8.72. The van der Waals surface area contributed by atoms with Gasteiger partial charge in [-0.3, -0.25) is 10.3 Å². The van der Waals surface area contributed by atoms with Gasteiger partial charge in [0.15, 0.2) is 5.11 Å². The lowest BCUT2D eigenvalue weighted by atomic mass is 10.2. The number of hydrogen-bond donors (Lipinski definition) is 2. The number of thiocarbonyl (C=S) groups is 1. The van der Waals surface area contributed by atoms with E-state index in [0.29, 0.717) is 11.7 Å². The smallest absolute Gasteiger partial charge is 0.187 e. The quantitative estimate of drug-likeness (QED) is 0.481. The minimum Gasteiger partial charge on any atom is -0.379 e. The second-order valence-electron chi connectivity index (χ2n) is 4.72. The molecule has 2 N–H and O–H groups in total. The molecule has 8 heteroatoms. The maximum Gasteiger partial charge on any atom is 0.187 e. The summed E-state index contributed by atoms with van der Waals surface area (Å²) >= 11 is 5.04. The monoisotopic (exact) mass is 328 g/mol. The lowest BCUT2D eigenvalue weighted by Crippen LogP contribution is -2.42. The van der Waals surface area contributed by atoms with Crippen LogP contribution in [0.15, 0.2) is 23.3 Å². The van der Waals surface area contributed by atoms with Crippen molar-refractivity contribution in [2.45, 2.75) is 0 Å². The summed E-state index contributed by atoms with van der Waals surface area (Å²) in [5, 5.41) is 7.03. The zero-order chi connectivity index (χ0) is 15.8. The standard InChI is InChI=1S/C14H18F2N4OS/c15-12-2-1-3-13(16)11(12)10-18-19-14(22)17-4-5-20-6-8-21-9-7-20/h1-3,10H,4-9H2,(H2,17,19,22)/b18-10+. The van der Waals surface area contributed by atoms with Crippen molar-refractivity contribution in [2.24, 2.45) is 5.10 Å². The molecular weight excluding hydrogens is 310 g/mol. The first-order valence-electron chi connectivity index (χ1n) is 6.98. The van der Waals surface area contributed by atoms with Crippen molar-refractivity contribution in [1.82, 2.24) is 15.6 Å². The Balaban J connectivity index is 1.70. The van der Waals surface area contributed by atoms with E-state index in [2.05, 4.69) is 20.7 Å². The number of nitrogens with zero attached hydrogens (tertiary/aromatic N) is 2. The van der Waals surface area contributed by atoms with Gasteiger partial charge < -0.3 is 10.1 Å². The third-order valence-corrected chi connectivity index (χ3v) is 3.41. The van der Waals surface area contributed by atoms with Gasteiger partial charge >= 0.3 is 0 Å². The normalized spacial score (nSPS) is 15.9. The third-order valence-electron chi connectivity index (χ3n) is 3.18. The Morgan fingerprint density at radius 3 is 2.68 bits per heavy atom. The summed E-state index contributed by atoms with van der Waals surface area (Å²) in [5.74, 6) is -1.34. The summed E-state index contributed by atoms with van der Waals surface area (Å²) in [7, 11) is 0. The summed E-state index contributed by atoms with van der Waals surface area (Å²) in [6.45, 7) is 4.83. The molecule has 1 heterocycles. The first-order chi connectivity index (χ1) is 10.7. The minimum atomic E-state index is -0.670. The van der Waals surface area contributed by atoms with E-state index in [0.717, 1.165) is 39.1 Å². The van der Waals surface area contributed by atoms with E-state index < -0.39 is 11.6 Å². The first kappa shape index (κ1) is 16.7. The maximum absolute atomic E-state index is 13.4. The summed E-state index contributed by atoms with van der Waals surface area (Å²) in [5.41, 5.74) is 2.33. The molecule has 2 rings (SSSR count). The molecule has 0 amide bonds. The Labute approximate surface area is 133 Å². The molecule has 0 radical (unpaired) electrons. The molecule has 0 bridgehead atoms. The summed E-state index contributed by atoms with van der Waals surface area (Å²) in [4.78, 5) is 2.26. The van der Waals surface area contributed by atoms with Gasteiger partial charge in [-0.1, -0.05) is 6.07 Å². The molecule has 0 atom stereocenters. The highest BCUT2D eigenvalue weighted by atomic mass is 32.1. The highest BCUT2D eigenvalue weighted by molar-refractivity contribution is 7.80. The number of hydrogen-bond acceptors (Lipinski definition) is 4. The predicted octanol–water partition coefficient (Wildman–Crippen LogP) is 1.10. The van der Waals surface area contributed by atoms with Gasteiger partial charge in [-0.25, -0.2) is 8.78 Å². The first-order valence-corrected chi connectivity index (χ1v) is 7.38. The molecule has 0 unspecified atom stereocenters. The van der Waals surface area contributed by atoms with Gasteiger partial charge in [0.25, 0.3) is 0 Å². The van der Waals surface area contributed by atoms with Gasteiger partial charge in [0.05, 0.1) is 25.0 Å². The summed E-state index contributed by atoms with van der Waals surface area (Å²) < 4.78 is 32.0. The number of halogens is 2. The minimum absolute atomic E-state index is 0.203. The van der Waals surface area contributed by atoms with E-state index in [9.17, 15) is 8.78 Å². The zero-order valence-corrected chi connectivity index (χ0v) is 12.8. The van der Waals surface area contributed by atoms with Crippen LogP contribution in [0.25, 0.3) is 0 Å². The number of nitrogens with one attached hydrogen (secondary N) is 2. The van der Waals surface area contributed by atoms with E-state index in [1.807, 2.05) is 0 Å². The lowest BCUT2D eigenvalue weighted by molar-refractivity contribution is 0.0389. The van der Waals surface area contributed by atoms with Crippen molar-refractivity contribution in [3.63, 3.8) is 0 Å². The topological polar surface area (TPSA) is 48.9 Å². The molecule has 1 aliphatic rings. The van der Waals surface area contributed by atoms with E-state index in [1.165, 1.54) is 18.2 Å². The maximum atomic E-state index is 13.4. The highest BCUT2D eigenvalue weighted by Crippen LogP contribution is 2.08. The molecule has 0 aliphatic carbocycles. The van der Waals surface area contributed by atoms with Crippen LogP contribution in [-0.2, 0) is 4.74 Å². The molecule has 0 saturated carbocycles. The van der Waals surface area contributed by atoms with Gasteiger partial charge in [-0.15, -0.1) is 0 Å². The average molecular weight is 328 g/mol. The van der Waals surface area contributed by atoms with Crippen molar-refractivity contribution in [3.05, 3.63) is 35.4 Å². The molecule has 0 spiro atoms. The molecule has 22 heavy (non-hydrogen) atoms. The van der Waals surface area contributed by atoms with E-state index in [1.54, 1.807) is 0 Å². The van der Waals surface area contributed by atoms with Gasteiger partial charge in [0.2, 0.25) is 0 Å². The van der Waals surface area contributed by atoms with E-state index in [-0.39, 0.29) is 5.56 Å². The molecule has 1 saturated heterocycles. The molecule has 5 nitrogen and oxygen atoms in total. The molecule has 1 fully saturated rings. The fourth-order valence-electron chi connectivity index (χ4n) is 1.98. The second-order valence-corrected chi connectivity index (χ2v) is 5.12. The molecule has 1 aromatic carbocycles. The van der Waals surface area contributed by atoms with Crippen molar-refractivity contribution in [2.75, 3.05) is 39.4 Å². The molecule has 0 aromatic heterocycles. The van der Waals surface area contributed by atoms with Crippen LogP contribution >= 0.6 is 12.2 Å². The van der Waals surface area contributed by atoms with E-state index >= 15 is 0 Å². The average Bonchev–Trinajstić information content (AvgIpc) is 2.51. The van der Waals surface area contributed by atoms with Gasteiger partial charge in [-0.05, 0) is 24.4 Å². The van der Waals surface area contributed by atoms with Crippen LogP contribution in [-0.4, -0.2) is 55.6 Å². The predicted molar refractivity (Wildman–Crippen MR) is 84.9 cm³/mol. The number of ether oxygens (including phenoxy) is 1. The molecule has 1 aliphatic heterocycles. The Bertz CT molecular complexity index is 515. The Morgan fingerprint density at radius 2 is 2.00 bits per heavy atom. The molecule has 1 aromatic rings. The van der Waals surface area contributed by atoms with Crippen LogP contribution in [0.3, 0.4) is 0 Å². The Kier molecular flexibility index (Phi) is 6.63. The van der Waals surface area contributed by atoms with E-state index in [4.69, 9.17) is 17.0 Å². The van der Waals surface area contributed by atoms with Crippen molar-refractivity contribution in [1.29, 1.82) is 0 Å². The van der Waals surface area contributed by atoms with Crippen molar-refractivity contribution < 1.29 is 13.5 Å². The molecular formula is C14H18F2N4OS. The van der Waals surface area contributed by atoms with Gasteiger partial charge in [0.1, 0.15) is 11.6 Å². The summed E-state index contributed by atoms with van der Waals surface area (Å²) in [6.07, 6.45) is 1.07. The highest BCUT2D eigenvalue weighted by Gasteiger charge is 2.09. The van der Waals surface area contributed by atoms with Crippen LogP contribution in [0.2, 0.25) is 0 Å². The fourth-order valence-corrected chi connectivity index (χ4v) is 2.14. The largest absolute Gasteiger partial charge is 0.379 e. The van der Waals surface area contributed by atoms with Crippen LogP contribution in [0, 0.1) is 11.6 Å². The lowest BCUT2D eigenvalue weighted by Gasteiger charge is -2.26. The SMILES string of the molecule is Fc1cccc(F)c1/C=N/NC(=S)NCCN1CCOCC1. The Hall–Kier alpha value is -1.64.